The molecule has 0 bridgehead atoms. The minimum atomic E-state index is -0.975. The van der Waals surface area contributed by atoms with Crippen LogP contribution in [-0.2, 0) is 9.59 Å². The first kappa shape index (κ1) is 27.3. The number of methoxy groups -OCH3 is 1. The third-order valence-corrected chi connectivity index (χ3v) is 8.20. The molecule has 2 aromatic heterocycles. The summed E-state index contributed by atoms with van der Waals surface area (Å²) in [5.41, 5.74) is 1.70. The van der Waals surface area contributed by atoms with Crippen LogP contribution in [0.1, 0.15) is 47.0 Å². The van der Waals surface area contributed by atoms with E-state index < -0.39 is 29.8 Å². The van der Waals surface area contributed by atoms with E-state index in [1.807, 2.05) is 50.2 Å². The largest absolute Gasteiger partial charge is 0.496 e. The number of ether oxygens (including phenoxy) is 1. The van der Waals surface area contributed by atoms with E-state index in [2.05, 4.69) is 25.9 Å². The number of carbonyl (C=O) groups is 4. The lowest BCUT2D eigenvalue weighted by atomic mass is 9.95. The third kappa shape index (κ3) is 5.55. The summed E-state index contributed by atoms with van der Waals surface area (Å²) in [5.74, 6) is -1.53. The Morgan fingerprint density at radius 3 is 2.62 bits per heavy atom. The normalized spacial score (nSPS) is 16.6. The Kier molecular flexibility index (Phi) is 7.83. The van der Waals surface area contributed by atoms with Gasteiger partial charge in [0.15, 0.2) is 5.01 Å². The molecule has 208 valence electrons. The lowest BCUT2D eigenvalue weighted by molar-refractivity contribution is -0.126. The molecule has 1 fully saturated rings. The number of fused-ring (bicyclic) bond motifs is 2. The van der Waals surface area contributed by atoms with Gasteiger partial charge in [0.05, 0.1) is 23.4 Å². The zero-order valence-corrected chi connectivity index (χ0v) is 23.3. The Morgan fingerprint density at radius 1 is 1.12 bits per heavy atom. The predicted molar refractivity (Wildman–Crippen MR) is 153 cm³/mol. The van der Waals surface area contributed by atoms with E-state index in [1.54, 1.807) is 19.2 Å². The molecule has 5 rings (SSSR count). The predicted octanol–water partition coefficient (Wildman–Crippen LogP) is 3.43. The summed E-state index contributed by atoms with van der Waals surface area (Å²) >= 11 is 1.25. The molecule has 0 spiro atoms. The van der Waals surface area contributed by atoms with Crippen molar-refractivity contribution in [2.75, 3.05) is 13.7 Å². The van der Waals surface area contributed by atoms with Crippen molar-refractivity contribution in [2.24, 2.45) is 11.8 Å². The number of nitrogens with one attached hydrogen (secondary N) is 4. The Morgan fingerprint density at radius 2 is 1.93 bits per heavy atom. The number of aromatic nitrogens is 2. The highest BCUT2D eigenvalue weighted by atomic mass is 32.1. The molecule has 2 aromatic carbocycles. The molecule has 0 saturated carbocycles. The van der Waals surface area contributed by atoms with E-state index in [0.717, 1.165) is 15.6 Å². The van der Waals surface area contributed by atoms with Gasteiger partial charge >= 0.3 is 0 Å². The van der Waals surface area contributed by atoms with Gasteiger partial charge in [0.25, 0.3) is 5.91 Å². The molecular weight excluding hydrogens is 530 g/mol. The van der Waals surface area contributed by atoms with Crippen molar-refractivity contribution in [2.45, 2.75) is 38.8 Å². The molecule has 0 aliphatic carbocycles. The minimum absolute atomic E-state index is 0.140. The van der Waals surface area contributed by atoms with Crippen LogP contribution in [0, 0.1) is 11.8 Å². The van der Waals surface area contributed by atoms with Crippen LogP contribution in [0.5, 0.6) is 5.75 Å². The van der Waals surface area contributed by atoms with Crippen LogP contribution in [0.4, 0.5) is 0 Å². The van der Waals surface area contributed by atoms with Gasteiger partial charge in [0, 0.05) is 23.4 Å². The fourth-order valence-electron chi connectivity index (χ4n) is 4.96. The van der Waals surface area contributed by atoms with Crippen molar-refractivity contribution < 1.29 is 23.9 Å². The summed E-state index contributed by atoms with van der Waals surface area (Å²) in [6.45, 7) is 4.15. The second-order valence-corrected chi connectivity index (χ2v) is 11.3. The first-order valence-corrected chi connectivity index (χ1v) is 14.0. The van der Waals surface area contributed by atoms with E-state index in [1.165, 1.54) is 11.3 Å². The highest BCUT2D eigenvalue weighted by Crippen LogP contribution is 2.27. The van der Waals surface area contributed by atoms with Crippen molar-refractivity contribution >= 4 is 56.0 Å². The van der Waals surface area contributed by atoms with Crippen LogP contribution in [0.2, 0.25) is 0 Å². The van der Waals surface area contributed by atoms with Crippen LogP contribution in [-0.4, -0.2) is 59.2 Å². The number of benzene rings is 2. The molecule has 3 amide bonds. The third-order valence-electron chi connectivity index (χ3n) is 7.15. The van der Waals surface area contributed by atoms with Crippen molar-refractivity contribution in [3.63, 3.8) is 0 Å². The molecule has 40 heavy (non-hydrogen) atoms. The van der Waals surface area contributed by atoms with Crippen LogP contribution in [0.3, 0.4) is 0 Å². The first-order chi connectivity index (χ1) is 19.2. The number of ketones is 1. The van der Waals surface area contributed by atoms with Gasteiger partial charge in [-0.3, -0.25) is 19.2 Å². The number of nitrogens with zero attached hydrogens (tertiary/aromatic N) is 1. The average Bonchev–Trinajstić information content (AvgIpc) is 3.68. The van der Waals surface area contributed by atoms with Gasteiger partial charge in [0.2, 0.25) is 17.6 Å². The molecule has 4 aromatic rings. The maximum absolute atomic E-state index is 13.6. The first-order valence-electron chi connectivity index (χ1n) is 13.2. The highest BCUT2D eigenvalue weighted by molar-refractivity contribution is 7.20. The number of hydrogen-bond acceptors (Lipinski definition) is 7. The number of aromatic amines is 1. The van der Waals surface area contributed by atoms with Gasteiger partial charge in [-0.25, -0.2) is 4.98 Å². The molecule has 10 nitrogen and oxygen atoms in total. The molecule has 11 heteroatoms. The van der Waals surface area contributed by atoms with Gasteiger partial charge in [-0.15, -0.1) is 11.3 Å². The minimum Gasteiger partial charge on any atom is -0.496 e. The van der Waals surface area contributed by atoms with Gasteiger partial charge in [-0.1, -0.05) is 32.0 Å². The second-order valence-electron chi connectivity index (χ2n) is 10.2. The highest BCUT2D eigenvalue weighted by Gasteiger charge is 2.35. The van der Waals surface area contributed by atoms with Crippen molar-refractivity contribution in [3.05, 3.63) is 59.2 Å². The Balaban J connectivity index is 1.37. The van der Waals surface area contributed by atoms with Crippen LogP contribution < -0.4 is 20.7 Å². The van der Waals surface area contributed by atoms with E-state index in [4.69, 9.17) is 4.74 Å². The summed E-state index contributed by atoms with van der Waals surface area (Å²) < 4.78 is 6.24. The molecule has 0 unspecified atom stereocenters. The van der Waals surface area contributed by atoms with Gasteiger partial charge in [-0.2, -0.15) is 0 Å². The van der Waals surface area contributed by atoms with Crippen molar-refractivity contribution in [1.29, 1.82) is 0 Å². The number of rotatable bonds is 10. The zero-order chi connectivity index (χ0) is 28.4. The Bertz CT molecular complexity index is 1560. The average molecular weight is 562 g/mol. The summed E-state index contributed by atoms with van der Waals surface area (Å²) in [6, 6.07) is 12.6. The standard InChI is InChI=1S/C29H31N5O5S/c1-15(2)24(34-27(37)21-14-17-18(31-21)8-6-9-22(17)39-3)28(38)32-20(13-16-11-12-30-26(16)36)25(35)29-33-19-7-4-5-10-23(19)40-29/h4-10,14-16,20,24,31H,11-13H2,1-3H3,(H,30,36)(H,32,38)(H,34,37)/t16-,20-,24-/m0/s1. The van der Waals surface area contributed by atoms with Crippen LogP contribution >= 0.6 is 11.3 Å². The molecule has 1 saturated heterocycles. The number of H-pyrrole nitrogens is 1. The SMILES string of the molecule is COc1cccc2[nH]c(C(=O)N[C@H](C(=O)N[C@@H](C[C@@H]3CCNC3=O)C(=O)c3nc4ccccc4s3)C(C)C)cc12. The smallest absolute Gasteiger partial charge is 0.268 e. The number of hydrogen-bond donors (Lipinski definition) is 4. The molecule has 4 N–H and O–H groups in total. The van der Waals surface area contributed by atoms with Crippen molar-refractivity contribution in [1.82, 2.24) is 25.9 Å². The summed E-state index contributed by atoms with van der Waals surface area (Å²) in [4.78, 5) is 60.3. The number of thiazole rings is 1. The fraction of sp³-hybridized carbons (Fsp3) is 0.345. The Labute approximate surface area is 234 Å². The van der Waals surface area contributed by atoms with E-state index in [9.17, 15) is 19.2 Å². The maximum atomic E-state index is 13.6. The topological polar surface area (TPSA) is 142 Å². The Hall–Kier alpha value is -4.25. The van der Waals surface area contributed by atoms with Crippen LogP contribution in [0.15, 0.2) is 48.5 Å². The van der Waals surface area contributed by atoms with Gasteiger partial charge < -0.3 is 25.7 Å². The maximum Gasteiger partial charge on any atom is 0.268 e. The molecule has 3 heterocycles. The van der Waals surface area contributed by atoms with Crippen LogP contribution in [0.25, 0.3) is 21.1 Å². The summed E-state index contributed by atoms with van der Waals surface area (Å²) in [7, 11) is 1.56. The second kappa shape index (κ2) is 11.5. The molecule has 3 atom stereocenters. The summed E-state index contributed by atoms with van der Waals surface area (Å²) in [6.07, 6.45) is 0.722. The summed E-state index contributed by atoms with van der Waals surface area (Å²) in [5, 5.41) is 9.46. The quantitative estimate of drug-likeness (QED) is 0.219. The fourth-order valence-corrected chi connectivity index (χ4v) is 5.92. The van der Waals surface area contributed by atoms with Crippen molar-refractivity contribution in [3.8, 4) is 5.75 Å². The molecule has 0 radical (unpaired) electrons. The van der Waals surface area contributed by atoms with Gasteiger partial charge in [0.1, 0.15) is 17.5 Å². The molecular formula is C29H31N5O5S. The van der Waals surface area contributed by atoms with E-state index in [0.29, 0.717) is 24.2 Å². The number of carbonyl (C=O) groups excluding carboxylic acids is 4. The molecule has 1 aliphatic heterocycles. The lowest BCUT2D eigenvalue weighted by Gasteiger charge is -2.25. The number of amides is 3. The number of para-hydroxylation sites is 1. The van der Waals surface area contributed by atoms with E-state index >= 15 is 0 Å². The number of Topliss-reactive ketones (excluding diaryl/α,β-unsaturated/α-hetero) is 1. The zero-order valence-electron chi connectivity index (χ0n) is 22.4. The lowest BCUT2D eigenvalue weighted by Crippen LogP contribution is -2.54. The monoisotopic (exact) mass is 561 g/mol. The molecule has 1 aliphatic rings. The van der Waals surface area contributed by atoms with Gasteiger partial charge in [-0.05, 0) is 49.1 Å². The van der Waals surface area contributed by atoms with E-state index in [-0.39, 0.29) is 34.7 Å².